The first-order chi connectivity index (χ1) is 11.6. The minimum atomic E-state index is 0.774. The number of nitrogens with one attached hydrogen (secondary N) is 1. The van der Waals surface area contributed by atoms with E-state index >= 15 is 0 Å². The van der Waals surface area contributed by atoms with Gasteiger partial charge in [-0.15, -0.1) is 0 Å². The summed E-state index contributed by atoms with van der Waals surface area (Å²) in [6.45, 7) is 3.90. The first kappa shape index (κ1) is 16.3. The van der Waals surface area contributed by atoms with E-state index in [0.29, 0.717) is 0 Å². The van der Waals surface area contributed by atoms with Gasteiger partial charge in [-0.3, -0.25) is 0 Å². The summed E-state index contributed by atoms with van der Waals surface area (Å²) in [5.74, 6) is 0.948. The Kier molecular flexibility index (Phi) is 4.67. The lowest BCUT2D eigenvalue weighted by molar-refractivity contribution is 0.425. The number of likely N-dealkylation sites (N-methyl/N-ethyl adjacent to an activating group) is 1. The van der Waals surface area contributed by atoms with Crippen molar-refractivity contribution in [1.29, 1.82) is 0 Å². The SMILES string of the molecule is Cc1nc(NCCN(C)C)c2ccccc2c1-c1ccc(N)cc1. The van der Waals surface area contributed by atoms with Gasteiger partial charge in [-0.05, 0) is 44.1 Å². The summed E-state index contributed by atoms with van der Waals surface area (Å²) in [7, 11) is 4.14. The molecule has 0 bridgehead atoms. The highest BCUT2D eigenvalue weighted by Gasteiger charge is 2.12. The van der Waals surface area contributed by atoms with Crippen molar-refractivity contribution in [1.82, 2.24) is 9.88 Å². The molecule has 0 spiro atoms. The van der Waals surface area contributed by atoms with Crippen LogP contribution in [0.2, 0.25) is 0 Å². The van der Waals surface area contributed by atoms with E-state index in [0.717, 1.165) is 41.2 Å². The number of hydrogen-bond acceptors (Lipinski definition) is 4. The van der Waals surface area contributed by atoms with E-state index in [9.17, 15) is 0 Å². The molecule has 4 nitrogen and oxygen atoms in total. The average Bonchev–Trinajstić information content (AvgIpc) is 2.56. The fraction of sp³-hybridized carbons (Fsp3) is 0.250. The molecule has 0 saturated carbocycles. The molecule has 0 unspecified atom stereocenters. The number of benzene rings is 2. The van der Waals surface area contributed by atoms with Crippen LogP contribution in [0, 0.1) is 6.92 Å². The molecule has 0 fully saturated rings. The van der Waals surface area contributed by atoms with Gasteiger partial charge in [0.1, 0.15) is 5.82 Å². The fourth-order valence-electron chi connectivity index (χ4n) is 2.93. The molecule has 0 aliphatic rings. The van der Waals surface area contributed by atoms with Crippen LogP contribution in [-0.2, 0) is 0 Å². The van der Waals surface area contributed by atoms with Gasteiger partial charge < -0.3 is 16.0 Å². The van der Waals surface area contributed by atoms with Gasteiger partial charge in [-0.1, -0.05) is 36.4 Å². The monoisotopic (exact) mass is 320 g/mol. The van der Waals surface area contributed by atoms with E-state index in [1.54, 1.807) is 0 Å². The fourth-order valence-corrected chi connectivity index (χ4v) is 2.93. The molecule has 0 radical (unpaired) electrons. The molecule has 1 aromatic heterocycles. The molecule has 0 aliphatic carbocycles. The predicted molar refractivity (Wildman–Crippen MR) is 103 cm³/mol. The van der Waals surface area contributed by atoms with E-state index < -0.39 is 0 Å². The summed E-state index contributed by atoms with van der Waals surface area (Å²) in [6, 6.07) is 16.4. The van der Waals surface area contributed by atoms with Crippen molar-refractivity contribution < 1.29 is 0 Å². The van der Waals surface area contributed by atoms with Crippen molar-refractivity contribution in [2.75, 3.05) is 38.2 Å². The molecule has 1 heterocycles. The number of nitrogens with two attached hydrogens (primary N) is 1. The number of pyridine rings is 1. The number of aryl methyl sites for hydroxylation is 1. The number of rotatable bonds is 5. The molecule has 124 valence electrons. The first-order valence-electron chi connectivity index (χ1n) is 8.20. The maximum Gasteiger partial charge on any atom is 0.134 e. The standard InChI is InChI=1S/C20H24N4/c1-14-19(15-8-10-16(21)11-9-15)17-6-4-5-7-18(17)20(23-14)22-12-13-24(2)3/h4-11H,12-13,21H2,1-3H3,(H,22,23). The van der Waals surface area contributed by atoms with Gasteiger partial charge in [0.05, 0.1) is 0 Å². The molecular weight excluding hydrogens is 296 g/mol. The van der Waals surface area contributed by atoms with Crippen LogP contribution >= 0.6 is 0 Å². The summed E-state index contributed by atoms with van der Waals surface area (Å²) >= 11 is 0. The van der Waals surface area contributed by atoms with Crippen molar-refractivity contribution >= 4 is 22.3 Å². The van der Waals surface area contributed by atoms with Crippen LogP contribution < -0.4 is 11.1 Å². The number of fused-ring (bicyclic) bond motifs is 1. The Bertz CT molecular complexity index is 838. The average molecular weight is 320 g/mol. The van der Waals surface area contributed by atoms with Gasteiger partial charge in [-0.25, -0.2) is 4.98 Å². The molecule has 3 aromatic rings. The van der Waals surface area contributed by atoms with Crippen LogP contribution in [0.3, 0.4) is 0 Å². The summed E-state index contributed by atoms with van der Waals surface area (Å²) in [6.07, 6.45) is 0. The summed E-state index contributed by atoms with van der Waals surface area (Å²) in [5, 5.41) is 5.83. The molecule has 2 aromatic carbocycles. The number of aromatic nitrogens is 1. The summed E-state index contributed by atoms with van der Waals surface area (Å²) in [5.41, 5.74) is 9.94. The van der Waals surface area contributed by atoms with Gasteiger partial charge in [0.2, 0.25) is 0 Å². The number of nitrogens with zero attached hydrogens (tertiary/aromatic N) is 2. The van der Waals surface area contributed by atoms with Gasteiger partial charge >= 0.3 is 0 Å². The van der Waals surface area contributed by atoms with E-state index in [-0.39, 0.29) is 0 Å². The van der Waals surface area contributed by atoms with Crippen LogP contribution in [0.5, 0.6) is 0 Å². The second kappa shape index (κ2) is 6.89. The lowest BCUT2D eigenvalue weighted by atomic mass is 9.97. The third-order valence-corrected chi connectivity index (χ3v) is 4.14. The Labute approximate surface area is 143 Å². The second-order valence-electron chi connectivity index (χ2n) is 6.32. The quantitative estimate of drug-likeness (QED) is 0.703. The molecule has 3 rings (SSSR count). The Balaban J connectivity index is 2.08. The van der Waals surface area contributed by atoms with Crippen LogP contribution in [0.15, 0.2) is 48.5 Å². The smallest absolute Gasteiger partial charge is 0.134 e. The Morgan fingerprint density at radius 3 is 2.33 bits per heavy atom. The second-order valence-corrected chi connectivity index (χ2v) is 6.32. The topological polar surface area (TPSA) is 54.2 Å². The molecule has 3 N–H and O–H groups in total. The maximum atomic E-state index is 5.83. The maximum absolute atomic E-state index is 5.83. The van der Waals surface area contributed by atoms with E-state index in [1.807, 2.05) is 12.1 Å². The highest BCUT2D eigenvalue weighted by Crippen LogP contribution is 2.34. The molecule has 24 heavy (non-hydrogen) atoms. The number of nitrogen functional groups attached to an aromatic ring is 1. The Morgan fingerprint density at radius 1 is 1.00 bits per heavy atom. The zero-order valence-electron chi connectivity index (χ0n) is 14.5. The highest BCUT2D eigenvalue weighted by atomic mass is 15.1. The van der Waals surface area contributed by atoms with E-state index in [2.05, 4.69) is 67.6 Å². The zero-order chi connectivity index (χ0) is 17.1. The lowest BCUT2D eigenvalue weighted by Gasteiger charge is -2.16. The first-order valence-corrected chi connectivity index (χ1v) is 8.20. The van der Waals surface area contributed by atoms with E-state index in [4.69, 9.17) is 10.7 Å². The highest BCUT2D eigenvalue weighted by molar-refractivity contribution is 6.03. The Hall–Kier alpha value is -2.59. The zero-order valence-corrected chi connectivity index (χ0v) is 14.5. The summed E-state index contributed by atoms with van der Waals surface area (Å²) < 4.78 is 0. The predicted octanol–water partition coefficient (Wildman–Crippen LogP) is 3.77. The van der Waals surface area contributed by atoms with Gasteiger partial charge in [-0.2, -0.15) is 0 Å². The Morgan fingerprint density at radius 2 is 1.67 bits per heavy atom. The van der Waals surface area contributed by atoms with Gasteiger partial charge in [0.15, 0.2) is 0 Å². The number of anilines is 2. The molecule has 0 saturated heterocycles. The minimum absolute atomic E-state index is 0.774. The van der Waals surface area contributed by atoms with Crippen molar-refractivity contribution in [3.63, 3.8) is 0 Å². The van der Waals surface area contributed by atoms with Crippen molar-refractivity contribution in [3.8, 4) is 11.1 Å². The normalized spacial score (nSPS) is 11.2. The molecule has 4 heteroatoms. The van der Waals surface area contributed by atoms with Crippen LogP contribution in [-0.4, -0.2) is 37.1 Å². The van der Waals surface area contributed by atoms with Gasteiger partial charge in [0.25, 0.3) is 0 Å². The van der Waals surface area contributed by atoms with Gasteiger partial charge in [0, 0.05) is 35.4 Å². The third-order valence-electron chi connectivity index (χ3n) is 4.14. The molecular formula is C20H24N4. The molecule has 0 aliphatic heterocycles. The van der Waals surface area contributed by atoms with Crippen LogP contribution in [0.25, 0.3) is 21.9 Å². The van der Waals surface area contributed by atoms with Crippen molar-refractivity contribution in [2.45, 2.75) is 6.92 Å². The third kappa shape index (κ3) is 3.34. The summed E-state index contributed by atoms with van der Waals surface area (Å²) in [4.78, 5) is 6.99. The lowest BCUT2D eigenvalue weighted by Crippen LogP contribution is -2.21. The van der Waals surface area contributed by atoms with Crippen molar-refractivity contribution in [2.24, 2.45) is 0 Å². The number of hydrogen-bond donors (Lipinski definition) is 2. The molecule has 0 atom stereocenters. The van der Waals surface area contributed by atoms with E-state index in [1.165, 1.54) is 10.9 Å². The minimum Gasteiger partial charge on any atom is -0.399 e. The van der Waals surface area contributed by atoms with Crippen LogP contribution in [0.4, 0.5) is 11.5 Å². The largest absolute Gasteiger partial charge is 0.399 e. The van der Waals surface area contributed by atoms with Crippen LogP contribution in [0.1, 0.15) is 5.69 Å². The molecule has 0 amide bonds. The van der Waals surface area contributed by atoms with Crippen molar-refractivity contribution in [3.05, 3.63) is 54.2 Å².